The maximum absolute atomic E-state index is 11.2. The number of amides is 1. The Morgan fingerprint density at radius 3 is 2.15 bits per heavy atom. The van der Waals surface area contributed by atoms with Crippen molar-refractivity contribution in [2.75, 3.05) is 6.54 Å². The molecule has 110 valence electrons. The van der Waals surface area contributed by atoms with Crippen molar-refractivity contribution in [3.05, 3.63) is 35.9 Å². The predicted octanol–water partition coefficient (Wildman–Crippen LogP) is 2.09. The molecule has 0 saturated heterocycles. The number of benzene rings is 1. The SMILES string of the molecule is CC(C)(C)OC=O.O=C(O)NCC(=O)c1ccccc1. The van der Waals surface area contributed by atoms with Crippen LogP contribution in [0.4, 0.5) is 4.79 Å². The smallest absolute Gasteiger partial charge is 0.405 e. The van der Waals surface area contributed by atoms with Gasteiger partial charge >= 0.3 is 6.09 Å². The summed E-state index contributed by atoms with van der Waals surface area (Å²) in [6.45, 7) is 5.74. The minimum absolute atomic E-state index is 0.181. The zero-order chi connectivity index (χ0) is 15.6. The second kappa shape index (κ2) is 8.68. The normalized spacial score (nSPS) is 9.75. The molecule has 0 fully saturated rings. The second-order valence-corrected chi connectivity index (χ2v) is 4.77. The Labute approximate surface area is 117 Å². The average molecular weight is 281 g/mol. The largest absolute Gasteiger partial charge is 0.465 e. The summed E-state index contributed by atoms with van der Waals surface area (Å²) in [7, 11) is 0. The van der Waals surface area contributed by atoms with Crippen molar-refractivity contribution in [3.63, 3.8) is 0 Å². The first-order valence-electron chi connectivity index (χ1n) is 5.93. The molecule has 0 spiro atoms. The van der Waals surface area contributed by atoms with Gasteiger partial charge in [-0.1, -0.05) is 30.3 Å². The van der Waals surface area contributed by atoms with E-state index in [0.29, 0.717) is 12.0 Å². The molecule has 0 radical (unpaired) electrons. The fourth-order valence-electron chi connectivity index (χ4n) is 1.03. The van der Waals surface area contributed by atoms with E-state index in [1.165, 1.54) is 0 Å². The van der Waals surface area contributed by atoms with E-state index in [1.54, 1.807) is 30.3 Å². The van der Waals surface area contributed by atoms with Crippen LogP contribution < -0.4 is 5.32 Å². The third-order valence-electron chi connectivity index (χ3n) is 1.90. The molecule has 1 amide bonds. The van der Waals surface area contributed by atoms with Crippen LogP contribution in [0.15, 0.2) is 30.3 Å². The number of rotatable bonds is 4. The van der Waals surface area contributed by atoms with Crippen LogP contribution in [0.5, 0.6) is 0 Å². The van der Waals surface area contributed by atoms with Gasteiger partial charge in [0, 0.05) is 5.56 Å². The maximum atomic E-state index is 11.2. The van der Waals surface area contributed by atoms with E-state index >= 15 is 0 Å². The Kier molecular flexibility index (Phi) is 7.65. The zero-order valence-electron chi connectivity index (χ0n) is 11.8. The highest BCUT2D eigenvalue weighted by atomic mass is 16.5. The van der Waals surface area contributed by atoms with E-state index in [1.807, 2.05) is 26.1 Å². The summed E-state index contributed by atoms with van der Waals surface area (Å²) in [6, 6.07) is 8.54. The molecule has 0 heterocycles. The molecule has 2 N–H and O–H groups in total. The first-order chi connectivity index (χ1) is 9.26. The first-order valence-corrected chi connectivity index (χ1v) is 5.93. The van der Waals surface area contributed by atoms with Crippen LogP contribution >= 0.6 is 0 Å². The Hall–Kier alpha value is -2.37. The standard InChI is InChI=1S/C9H9NO3.C5H10O2/c11-8(6-10-9(12)13)7-4-2-1-3-5-7;1-5(2,3)7-4-6/h1-5,10H,6H2,(H,12,13);4H,1-3H3. The molecule has 0 saturated carbocycles. The van der Waals surface area contributed by atoms with Gasteiger partial charge in [0.25, 0.3) is 6.47 Å². The molecule has 0 aliphatic rings. The summed E-state index contributed by atoms with van der Waals surface area (Å²) in [5.41, 5.74) is 0.193. The van der Waals surface area contributed by atoms with Crippen LogP contribution in [0.3, 0.4) is 0 Å². The van der Waals surface area contributed by atoms with Gasteiger partial charge in [-0.05, 0) is 20.8 Å². The maximum Gasteiger partial charge on any atom is 0.405 e. The topological polar surface area (TPSA) is 92.7 Å². The molecule has 0 aromatic heterocycles. The molecule has 6 nitrogen and oxygen atoms in total. The Morgan fingerprint density at radius 1 is 1.25 bits per heavy atom. The Bertz CT molecular complexity index is 437. The fraction of sp³-hybridized carbons (Fsp3) is 0.357. The molecule has 6 heteroatoms. The summed E-state index contributed by atoms with van der Waals surface area (Å²) in [6.07, 6.45) is -1.19. The van der Waals surface area contributed by atoms with Gasteiger partial charge in [-0.15, -0.1) is 0 Å². The van der Waals surface area contributed by atoms with Crippen LogP contribution in [0.2, 0.25) is 0 Å². The lowest BCUT2D eigenvalue weighted by molar-refractivity contribution is -0.138. The lowest BCUT2D eigenvalue weighted by Crippen LogP contribution is -2.27. The summed E-state index contributed by atoms with van der Waals surface area (Å²) >= 11 is 0. The second-order valence-electron chi connectivity index (χ2n) is 4.77. The highest BCUT2D eigenvalue weighted by Crippen LogP contribution is 2.02. The Morgan fingerprint density at radius 2 is 1.80 bits per heavy atom. The van der Waals surface area contributed by atoms with Gasteiger partial charge in [0.05, 0.1) is 6.54 Å². The summed E-state index contributed by atoms with van der Waals surface area (Å²) < 4.78 is 4.55. The molecule has 0 aliphatic heterocycles. The van der Waals surface area contributed by atoms with E-state index in [2.05, 4.69) is 4.74 Å². The lowest BCUT2D eigenvalue weighted by Gasteiger charge is -2.14. The highest BCUT2D eigenvalue weighted by molar-refractivity contribution is 5.98. The number of carboxylic acid groups (broad SMARTS) is 1. The van der Waals surface area contributed by atoms with Crippen molar-refractivity contribution in [1.82, 2.24) is 5.32 Å². The third-order valence-corrected chi connectivity index (χ3v) is 1.90. The molecule has 0 unspecified atom stereocenters. The predicted molar refractivity (Wildman–Crippen MR) is 73.7 cm³/mol. The van der Waals surface area contributed by atoms with Gasteiger partial charge in [-0.2, -0.15) is 0 Å². The van der Waals surface area contributed by atoms with Crippen LogP contribution in [-0.2, 0) is 9.53 Å². The number of ketones is 1. The molecule has 0 atom stereocenters. The van der Waals surface area contributed by atoms with Gasteiger partial charge in [-0.3, -0.25) is 9.59 Å². The molecular formula is C14H19NO5. The summed E-state index contributed by atoms with van der Waals surface area (Å²) in [5, 5.41) is 10.3. The average Bonchev–Trinajstić information content (AvgIpc) is 2.36. The van der Waals surface area contributed by atoms with Gasteiger partial charge in [-0.25, -0.2) is 4.79 Å². The van der Waals surface area contributed by atoms with Crippen LogP contribution in [-0.4, -0.2) is 35.6 Å². The van der Waals surface area contributed by atoms with E-state index in [-0.39, 0.29) is 17.9 Å². The Balaban J connectivity index is 0.000000441. The van der Waals surface area contributed by atoms with Crippen LogP contribution in [0, 0.1) is 0 Å². The number of carbonyl (C=O) groups excluding carboxylic acids is 2. The minimum Gasteiger partial charge on any atom is -0.465 e. The number of ether oxygens (including phenoxy) is 1. The molecule has 1 aromatic rings. The van der Waals surface area contributed by atoms with Crippen molar-refractivity contribution in [3.8, 4) is 0 Å². The molecule has 0 aliphatic carbocycles. The van der Waals surface area contributed by atoms with Crippen molar-refractivity contribution >= 4 is 18.3 Å². The van der Waals surface area contributed by atoms with E-state index in [9.17, 15) is 14.4 Å². The molecular weight excluding hydrogens is 262 g/mol. The van der Waals surface area contributed by atoms with E-state index in [4.69, 9.17) is 5.11 Å². The number of nitrogens with one attached hydrogen (secondary N) is 1. The van der Waals surface area contributed by atoms with Crippen LogP contribution in [0.25, 0.3) is 0 Å². The van der Waals surface area contributed by atoms with Crippen molar-refractivity contribution in [1.29, 1.82) is 0 Å². The monoisotopic (exact) mass is 281 g/mol. The fourth-order valence-corrected chi connectivity index (χ4v) is 1.03. The third kappa shape index (κ3) is 9.64. The van der Waals surface area contributed by atoms with Crippen molar-refractivity contribution in [2.24, 2.45) is 0 Å². The van der Waals surface area contributed by atoms with Gasteiger partial charge in [0.2, 0.25) is 0 Å². The van der Waals surface area contributed by atoms with E-state index in [0.717, 1.165) is 0 Å². The van der Waals surface area contributed by atoms with Crippen molar-refractivity contribution < 1.29 is 24.2 Å². The molecule has 20 heavy (non-hydrogen) atoms. The molecule has 0 bridgehead atoms. The number of hydrogen-bond donors (Lipinski definition) is 2. The quantitative estimate of drug-likeness (QED) is 0.651. The van der Waals surface area contributed by atoms with Gasteiger partial charge in [0.1, 0.15) is 5.60 Å². The molecule has 1 aromatic carbocycles. The first kappa shape index (κ1) is 17.6. The van der Waals surface area contributed by atoms with Gasteiger partial charge in [0.15, 0.2) is 5.78 Å². The number of Topliss-reactive ketones (excluding diaryl/α,β-unsaturated/α-hetero) is 1. The molecule has 1 rings (SSSR count). The summed E-state index contributed by atoms with van der Waals surface area (Å²) in [4.78, 5) is 30.9. The van der Waals surface area contributed by atoms with Crippen LogP contribution in [0.1, 0.15) is 31.1 Å². The van der Waals surface area contributed by atoms with E-state index < -0.39 is 6.09 Å². The highest BCUT2D eigenvalue weighted by Gasteiger charge is 2.07. The van der Waals surface area contributed by atoms with Crippen molar-refractivity contribution in [2.45, 2.75) is 26.4 Å². The lowest BCUT2D eigenvalue weighted by atomic mass is 10.1. The number of hydrogen-bond acceptors (Lipinski definition) is 4. The minimum atomic E-state index is -1.19. The summed E-state index contributed by atoms with van der Waals surface area (Å²) in [5.74, 6) is -0.233. The number of carbonyl (C=O) groups is 3. The zero-order valence-corrected chi connectivity index (χ0v) is 11.8. The van der Waals surface area contributed by atoms with Gasteiger partial charge < -0.3 is 15.2 Å².